The molecule has 2 amide bonds. The fourth-order valence-corrected chi connectivity index (χ4v) is 5.41. The number of carbonyl (C=O) groups excluding carboxylic acids is 2. The lowest BCUT2D eigenvalue weighted by atomic mass is 10.1. The topological polar surface area (TPSA) is 61.9 Å². The molecule has 0 aromatic heterocycles. The monoisotopic (exact) mass is 479 g/mol. The molecule has 3 heterocycles. The highest BCUT2D eigenvalue weighted by Crippen LogP contribution is 2.35. The number of hydrogen-bond acceptors (Lipinski definition) is 6. The van der Waals surface area contributed by atoms with Crippen LogP contribution in [0.4, 0.5) is 5.69 Å². The molecular weight excluding hydrogens is 454 g/mol. The maximum absolute atomic E-state index is 12.7. The summed E-state index contributed by atoms with van der Waals surface area (Å²) in [6.07, 6.45) is 5.69. The Hall–Kier alpha value is -2.68. The molecule has 0 aliphatic carbocycles. The van der Waals surface area contributed by atoms with Crippen LogP contribution in [0.5, 0.6) is 5.75 Å². The normalized spacial score (nSPS) is 20.1. The van der Waals surface area contributed by atoms with Gasteiger partial charge in [-0.2, -0.15) is 0 Å². The van der Waals surface area contributed by atoms with Gasteiger partial charge in [0, 0.05) is 6.54 Å². The Morgan fingerprint density at radius 1 is 1.00 bits per heavy atom. The van der Waals surface area contributed by atoms with Crippen molar-refractivity contribution in [3.63, 3.8) is 0 Å². The molecule has 170 valence electrons. The smallest absolute Gasteiger partial charge is 0.265 e. The summed E-state index contributed by atoms with van der Waals surface area (Å²) in [5.41, 5.74) is 3.90. The summed E-state index contributed by atoms with van der Waals surface area (Å²) in [5.74, 6) is 0.382. The summed E-state index contributed by atoms with van der Waals surface area (Å²) < 4.78 is 6.10. The minimum atomic E-state index is -0.198. The van der Waals surface area contributed by atoms with Gasteiger partial charge in [0.25, 0.3) is 11.8 Å². The van der Waals surface area contributed by atoms with Crippen molar-refractivity contribution < 1.29 is 14.3 Å². The number of benzene rings is 2. The third-order valence-corrected chi connectivity index (χ3v) is 7.25. The third-order valence-electron chi connectivity index (χ3n) is 6.08. The number of rotatable bonds is 5. The molecule has 2 aromatic rings. The molecule has 2 aromatic carbocycles. The molecule has 6 nitrogen and oxygen atoms in total. The minimum absolute atomic E-state index is 0.0208. The van der Waals surface area contributed by atoms with Crippen LogP contribution in [0.1, 0.15) is 36.0 Å². The van der Waals surface area contributed by atoms with Crippen LogP contribution in [0.2, 0.25) is 0 Å². The SMILES string of the molecule is O=C1NC(=S)SC1=Cc1ccc2c(c1)N(Cc1ccc(CN3CCCCC3)cc1)C(=O)CO2. The van der Waals surface area contributed by atoms with E-state index in [1.165, 1.54) is 49.7 Å². The van der Waals surface area contributed by atoms with E-state index in [9.17, 15) is 9.59 Å². The van der Waals surface area contributed by atoms with Crippen LogP contribution in [-0.2, 0) is 22.7 Å². The van der Waals surface area contributed by atoms with Crippen LogP contribution < -0.4 is 15.0 Å². The Kier molecular flexibility index (Phi) is 6.48. The summed E-state index contributed by atoms with van der Waals surface area (Å²) in [4.78, 5) is 29.5. The number of hydrogen-bond donors (Lipinski definition) is 1. The van der Waals surface area contributed by atoms with Gasteiger partial charge in [0.2, 0.25) is 0 Å². The lowest BCUT2D eigenvalue weighted by Crippen LogP contribution is -2.38. The highest BCUT2D eigenvalue weighted by Gasteiger charge is 2.27. The number of carbonyl (C=O) groups is 2. The van der Waals surface area contributed by atoms with Crippen LogP contribution in [0.3, 0.4) is 0 Å². The molecule has 0 saturated carbocycles. The number of nitrogens with one attached hydrogen (secondary N) is 1. The zero-order valence-corrected chi connectivity index (χ0v) is 19.8. The fourth-order valence-electron chi connectivity index (χ4n) is 4.36. The molecule has 0 atom stereocenters. The number of anilines is 1. The number of thiocarbonyl (C=S) groups is 1. The molecule has 0 spiro atoms. The van der Waals surface area contributed by atoms with E-state index in [1.54, 1.807) is 11.0 Å². The van der Waals surface area contributed by atoms with Crippen LogP contribution in [-0.4, -0.2) is 40.7 Å². The van der Waals surface area contributed by atoms with Crippen molar-refractivity contribution in [2.75, 3.05) is 24.6 Å². The molecule has 0 radical (unpaired) electrons. The van der Waals surface area contributed by atoms with E-state index >= 15 is 0 Å². The average molecular weight is 480 g/mol. The number of nitrogens with zero attached hydrogens (tertiary/aromatic N) is 2. The Balaban J connectivity index is 1.34. The molecule has 2 fully saturated rings. The van der Waals surface area contributed by atoms with E-state index in [1.807, 2.05) is 18.2 Å². The van der Waals surface area contributed by atoms with E-state index in [2.05, 4.69) is 34.5 Å². The van der Waals surface area contributed by atoms with Gasteiger partial charge in [0.1, 0.15) is 10.1 Å². The van der Waals surface area contributed by atoms with Gasteiger partial charge in [-0.05, 0) is 60.8 Å². The highest BCUT2D eigenvalue weighted by atomic mass is 32.2. The lowest BCUT2D eigenvalue weighted by Gasteiger charge is -2.30. The van der Waals surface area contributed by atoms with Crippen molar-refractivity contribution in [2.24, 2.45) is 0 Å². The summed E-state index contributed by atoms with van der Waals surface area (Å²) >= 11 is 6.30. The number of likely N-dealkylation sites (tertiary alicyclic amines) is 1. The van der Waals surface area contributed by atoms with Gasteiger partial charge in [0.15, 0.2) is 6.61 Å². The van der Waals surface area contributed by atoms with Crippen molar-refractivity contribution in [3.05, 3.63) is 64.1 Å². The molecule has 2 saturated heterocycles. The summed E-state index contributed by atoms with van der Waals surface area (Å²) in [7, 11) is 0. The van der Waals surface area contributed by atoms with Crippen molar-refractivity contribution in [3.8, 4) is 5.75 Å². The molecule has 1 N–H and O–H groups in total. The first-order valence-electron chi connectivity index (χ1n) is 11.2. The first-order valence-corrected chi connectivity index (χ1v) is 12.4. The average Bonchev–Trinajstić information content (AvgIpc) is 3.14. The molecular formula is C25H25N3O3S2. The standard InChI is InChI=1S/C25H25N3O3S2/c29-23-16-31-21-9-8-19(13-22-24(30)26-25(32)33-22)12-20(21)28(23)15-18-6-4-17(5-7-18)14-27-10-2-1-3-11-27/h4-9,12-13H,1-3,10-11,14-16H2,(H,26,30,32). The molecule has 8 heteroatoms. The molecule has 3 aliphatic heterocycles. The Morgan fingerprint density at radius 3 is 2.42 bits per heavy atom. The highest BCUT2D eigenvalue weighted by molar-refractivity contribution is 8.26. The number of fused-ring (bicyclic) bond motifs is 1. The Labute approximate surface area is 203 Å². The number of thioether (sulfide) groups is 1. The van der Waals surface area contributed by atoms with Gasteiger partial charge in [-0.25, -0.2) is 0 Å². The zero-order valence-electron chi connectivity index (χ0n) is 18.2. The number of amides is 2. The van der Waals surface area contributed by atoms with Gasteiger partial charge >= 0.3 is 0 Å². The third kappa shape index (κ3) is 5.13. The number of piperidine rings is 1. The zero-order chi connectivity index (χ0) is 22.8. The van der Waals surface area contributed by atoms with Gasteiger partial charge in [-0.3, -0.25) is 14.5 Å². The van der Waals surface area contributed by atoms with E-state index in [0.29, 0.717) is 27.2 Å². The van der Waals surface area contributed by atoms with E-state index in [0.717, 1.165) is 17.7 Å². The Morgan fingerprint density at radius 2 is 1.73 bits per heavy atom. The van der Waals surface area contributed by atoms with Gasteiger partial charge in [-0.15, -0.1) is 0 Å². The summed E-state index contributed by atoms with van der Waals surface area (Å²) in [6, 6.07) is 14.1. The van der Waals surface area contributed by atoms with Crippen LogP contribution in [0.15, 0.2) is 47.4 Å². The van der Waals surface area contributed by atoms with Crippen LogP contribution in [0, 0.1) is 0 Å². The summed E-state index contributed by atoms with van der Waals surface area (Å²) in [6.45, 7) is 3.81. The van der Waals surface area contributed by atoms with Crippen molar-refractivity contribution in [2.45, 2.75) is 32.4 Å². The van der Waals surface area contributed by atoms with Crippen LogP contribution in [0.25, 0.3) is 6.08 Å². The minimum Gasteiger partial charge on any atom is -0.482 e. The molecule has 5 rings (SSSR count). The van der Waals surface area contributed by atoms with Crippen molar-refractivity contribution in [1.29, 1.82) is 0 Å². The van der Waals surface area contributed by atoms with E-state index in [-0.39, 0.29) is 18.4 Å². The van der Waals surface area contributed by atoms with E-state index < -0.39 is 0 Å². The van der Waals surface area contributed by atoms with Crippen molar-refractivity contribution >= 4 is 51.9 Å². The Bertz CT molecular complexity index is 1120. The second-order valence-electron chi connectivity index (χ2n) is 8.50. The summed E-state index contributed by atoms with van der Waals surface area (Å²) in [5, 5.41) is 2.62. The lowest BCUT2D eigenvalue weighted by molar-refractivity contribution is -0.121. The molecule has 0 bridgehead atoms. The van der Waals surface area contributed by atoms with Gasteiger partial charge in [0.05, 0.1) is 17.1 Å². The largest absolute Gasteiger partial charge is 0.482 e. The molecule has 0 unspecified atom stereocenters. The van der Waals surface area contributed by atoms with E-state index in [4.69, 9.17) is 17.0 Å². The second-order valence-corrected chi connectivity index (χ2v) is 10.2. The predicted octanol–water partition coefficient (Wildman–Crippen LogP) is 4.09. The van der Waals surface area contributed by atoms with Gasteiger partial charge < -0.3 is 15.0 Å². The molecule has 33 heavy (non-hydrogen) atoms. The second kappa shape index (κ2) is 9.67. The predicted molar refractivity (Wildman–Crippen MR) is 135 cm³/mol. The first kappa shape index (κ1) is 22.1. The molecule has 3 aliphatic rings. The van der Waals surface area contributed by atoms with Gasteiger partial charge in [-0.1, -0.05) is 60.7 Å². The fraction of sp³-hybridized carbons (Fsp3) is 0.320. The first-order chi connectivity index (χ1) is 16.0. The maximum atomic E-state index is 12.7. The van der Waals surface area contributed by atoms with Crippen molar-refractivity contribution in [1.82, 2.24) is 10.2 Å². The van der Waals surface area contributed by atoms with Crippen LogP contribution >= 0.6 is 24.0 Å². The quantitative estimate of drug-likeness (QED) is 0.515. The number of ether oxygens (including phenoxy) is 1. The maximum Gasteiger partial charge on any atom is 0.265 e.